The number of hydrogen-bond acceptors (Lipinski definition) is 2. The van der Waals surface area contributed by atoms with Gasteiger partial charge in [-0.05, 0) is 42.5 Å². The van der Waals surface area contributed by atoms with Crippen LogP contribution in [0.3, 0.4) is 0 Å². The number of para-hydroxylation sites is 1. The fourth-order valence-corrected chi connectivity index (χ4v) is 3.11. The summed E-state index contributed by atoms with van der Waals surface area (Å²) in [7, 11) is 0. The first-order valence-corrected chi connectivity index (χ1v) is 8.33. The summed E-state index contributed by atoms with van der Waals surface area (Å²) in [5, 5.41) is 0. The zero-order valence-electron chi connectivity index (χ0n) is 13.6. The summed E-state index contributed by atoms with van der Waals surface area (Å²) in [6.45, 7) is 4.19. The second-order valence-electron chi connectivity index (χ2n) is 5.87. The molecule has 0 aliphatic carbocycles. The Hall–Kier alpha value is -2.29. The maximum absolute atomic E-state index is 12.5. The minimum Gasteiger partial charge on any atom is -0.494 e. The normalized spacial score (nSPS) is 13.5. The van der Waals surface area contributed by atoms with Gasteiger partial charge in [0.1, 0.15) is 5.75 Å². The molecule has 0 atom stereocenters. The molecule has 0 saturated carbocycles. The Bertz CT molecular complexity index is 681. The summed E-state index contributed by atoms with van der Waals surface area (Å²) in [6.07, 6.45) is 2.22. The summed E-state index contributed by atoms with van der Waals surface area (Å²) in [6, 6.07) is 16.4. The van der Waals surface area contributed by atoms with Gasteiger partial charge in [-0.2, -0.15) is 0 Å². The van der Waals surface area contributed by atoms with E-state index in [1.807, 2.05) is 42.2 Å². The molecule has 3 nitrogen and oxygen atoms in total. The van der Waals surface area contributed by atoms with E-state index in [-0.39, 0.29) is 5.91 Å². The number of carbonyl (C=O) groups is 1. The Labute approximate surface area is 137 Å². The number of ether oxygens (including phenoxy) is 1. The molecule has 2 aromatic carbocycles. The lowest BCUT2D eigenvalue weighted by Crippen LogP contribution is -2.36. The quantitative estimate of drug-likeness (QED) is 0.844. The van der Waals surface area contributed by atoms with Gasteiger partial charge in [-0.3, -0.25) is 4.79 Å². The lowest BCUT2D eigenvalue weighted by atomic mass is 9.99. The molecule has 120 valence electrons. The van der Waals surface area contributed by atoms with Crippen LogP contribution in [-0.4, -0.2) is 24.0 Å². The molecule has 0 radical (unpaired) electrons. The standard InChI is InChI=1S/C20H23NO2/c1-2-23-19-10-6-5-8-17(19)11-12-20(22)21-14-13-16-7-3-4-9-18(16)15-21/h3-10H,2,11-15H2,1H3. The fraction of sp³-hybridized carbons (Fsp3) is 0.350. The molecule has 1 heterocycles. The summed E-state index contributed by atoms with van der Waals surface area (Å²) in [4.78, 5) is 14.5. The molecule has 0 unspecified atom stereocenters. The Kier molecular flexibility index (Phi) is 4.96. The van der Waals surface area contributed by atoms with Crippen LogP contribution in [0.1, 0.15) is 30.0 Å². The third-order valence-electron chi connectivity index (χ3n) is 4.36. The molecule has 2 aromatic rings. The molecule has 0 N–H and O–H groups in total. The second kappa shape index (κ2) is 7.32. The molecule has 3 heteroatoms. The highest BCUT2D eigenvalue weighted by molar-refractivity contribution is 5.77. The average molecular weight is 309 g/mol. The van der Waals surface area contributed by atoms with E-state index in [2.05, 4.69) is 18.2 Å². The van der Waals surface area contributed by atoms with Crippen molar-refractivity contribution in [2.24, 2.45) is 0 Å². The monoisotopic (exact) mass is 309 g/mol. The van der Waals surface area contributed by atoms with Crippen LogP contribution in [0.4, 0.5) is 0 Å². The van der Waals surface area contributed by atoms with Gasteiger partial charge in [-0.1, -0.05) is 42.5 Å². The van der Waals surface area contributed by atoms with E-state index in [9.17, 15) is 4.79 Å². The summed E-state index contributed by atoms with van der Waals surface area (Å²) in [5.74, 6) is 1.12. The van der Waals surface area contributed by atoms with Crippen molar-refractivity contribution in [1.82, 2.24) is 4.90 Å². The van der Waals surface area contributed by atoms with Crippen LogP contribution < -0.4 is 4.74 Å². The summed E-state index contributed by atoms with van der Waals surface area (Å²) < 4.78 is 5.64. The molecule has 0 fully saturated rings. The van der Waals surface area contributed by atoms with Crippen molar-refractivity contribution in [2.75, 3.05) is 13.2 Å². The minimum absolute atomic E-state index is 0.228. The number of fused-ring (bicyclic) bond motifs is 1. The van der Waals surface area contributed by atoms with Crippen LogP contribution in [0.5, 0.6) is 5.75 Å². The van der Waals surface area contributed by atoms with Crippen LogP contribution in [-0.2, 0) is 24.2 Å². The van der Waals surface area contributed by atoms with E-state index < -0.39 is 0 Å². The van der Waals surface area contributed by atoms with Crippen LogP contribution in [0.25, 0.3) is 0 Å². The van der Waals surface area contributed by atoms with Crippen molar-refractivity contribution >= 4 is 5.91 Å². The average Bonchev–Trinajstić information content (AvgIpc) is 2.60. The first-order valence-electron chi connectivity index (χ1n) is 8.33. The van der Waals surface area contributed by atoms with E-state index in [1.54, 1.807) is 0 Å². The van der Waals surface area contributed by atoms with Crippen LogP contribution >= 0.6 is 0 Å². The highest BCUT2D eigenvalue weighted by atomic mass is 16.5. The molecule has 0 aromatic heterocycles. The fourth-order valence-electron chi connectivity index (χ4n) is 3.11. The van der Waals surface area contributed by atoms with Crippen molar-refractivity contribution in [3.8, 4) is 5.75 Å². The highest BCUT2D eigenvalue weighted by Crippen LogP contribution is 2.22. The van der Waals surface area contributed by atoms with Crippen LogP contribution in [0, 0.1) is 0 Å². The summed E-state index contributed by atoms with van der Waals surface area (Å²) >= 11 is 0. The molecule has 0 bridgehead atoms. The van der Waals surface area contributed by atoms with E-state index in [0.29, 0.717) is 13.0 Å². The smallest absolute Gasteiger partial charge is 0.223 e. The van der Waals surface area contributed by atoms with Gasteiger partial charge in [0.2, 0.25) is 5.91 Å². The van der Waals surface area contributed by atoms with Crippen molar-refractivity contribution in [3.05, 3.63) is 65.2 Å². The maximum atomic E-state index is 12.5. The summed E-state index contributed by atoms with van der Waals surface area (Å²) in [5.41, 5.74) is 3.76. The third kappa shape index (κ3) is 3.73. The molecule has 1 aliphatic rings. The third-order valence-corrected chi connectivity index (χ3v) is 4.36. The van der Waals surface area contributed by atoms with Crippen molar-refractivity contribution < 1.29 is 9.53 Å². The Morgan fingerprint density at radius 1 is 1.09 bits per heavy atom. The number of amides is 1. The zero-order valence-corrected chi connectivity index (χ0v) is 13.6. The van der Waals surface area contributed by atoms with Gasteiger partial charge >= 0.3 is 0 Å². The Morgan fingerprint density at radius 3 is 2.65 bits per heavy atom. The van der Waals surface area contributed by atoms with E-state index >= 15 is 0 Å². The van der Waals surface area contributed by atoms with Crippen molar-refractivity contribution in [3.63, 3.8) is 0 Å². The predicted molar refractivity (Wildman–Crippen MR) is 91.5 cm³/mol. The largest absolute Gasteiger partial charge is 0.494 e. The molecular weight excluding hydrogens is 286 g/mol. The van der Waals surface area contributed by atoms with Gasteiger partial charge in [-0.15, -0.1) is 0 Å². The molecule has 1 aliphatic heterocycles. The van der Waals surface area contributed by atoms with Gasteiger partial charge in [0.25, 0.3) is 0 Å². The van der Waals surface area contributed by atoms with Gasteiger partial charge < -0.3 is 9.64 Å². The van der Waals surface area contributed by atoms with Gasteiger partial charge in [0, 0.05) is 19.5 Å². The second-order valence-corrected chi connectivity index (χ2v) is 5.87. The number of benzene rings is 2. The van der Waals surface area contributed by atoms with Crippen LogP contribution in [0.2, 0.25) is 0 Å². The molecule has 0 saturated heterocycles. The van der Waals surface area contributed by atoms with Crippen LogP contribution in [0.15, 0.2) is 48.5 Å². The number of aryl methyl sites for hydroxylation is 1. The lowest BCUT2D eigenvalue weighted by molar-refractivity contribution is -0.132. The molecule has 0 spiro atoms. The number of rotatable bonds is 5. The first-order chi connectivity index (χ1) is 11.3. The maximum Gasteiger partial charge on any atom is 0.223 e. The number of hydrogen-bond donors (Lipinski definition) is 0. The van der Waals surface area contributed by atoms with E-state index in [1.165, 1.54) is 11.1 Å². The number of nitrogens with zero attached hydrogens (tertiary/aromatic N) is 1. The zero-order chi connectivity index (χ0) is 16.1. The Morgan fingerprint density at radius 2 is 1.83 bits per heavy atom. The first kappa shape index (κ1) is 15.6. The topological polar surface area (TPSA) is 29.5 Å². The van der Waals surface area contributed by atoms with E-state index in [4.69, 9.17) is 4.74 Å². The van der Waals surface area contributed by atoms with Gasteiger partial charge in [0.05, 0.1) is 6.61 Å². The Balaban J connectivity index is 1.60. The SMILES string of the molecule is CCOc1ccccc1CCC(=O)N1CCc2ccccc2C1. The van der Waals surface area contributed by atoms with Gasteiger partial charge in [0.15, 0.2) is 0 Å². The molecule has 3 rings (SSSR count). The van der Waals surface area contributed by atoms with Gasteiger partial charge in [-0.25, -0.2) is 0 Å². The van der Waals surface area contributed by atoms with E-state index in [0.717, 1.165) is 37.2 Å². The molecule has 23 heavy (non-hydrogen) atoms. The predicted octanol–water partition coefficient (Wildman–Crippen LogP) is 3.60. The molecular formula is C20H23NO2. The number of carbonyl (C=O) groups excluding carboxylic acids is 1. The highest BCUT2D eigenvalue weighted by Gasteiger charge is 2.20. The van der Waals surface area contributed by atoms with Crippen molar-refractivity contribution in [2.45, 2.75) is 32.7 Å². The lowest BCUT2D eigenvalue weighted by Gasteiger charge is -2.29. The minimum atomic E-state index is 0.228. The molecule has 1 amide bonds. The van der Waals surface area contributed by atoms with Crippen molar-refractivity contribution in [1.29, 1.82) is 0 Å².